The van der Waals surface area contributed by atoms with Crippen molar-refractivity contribution in [2.24, 2.45) is 7.05 Å². The number of ether oxygens (including phenoxy) is 1. The highest BCUT2D eigenvalue weighted by atomic mass is 19.4. The van der Waals surface area contributed by atoms with E-state index in [9.17, 15) is 18.0 Å². The Morgan fingerprint density at radius 2 is 2.19 bits per heavy atom. The largest absolute Gasteiger partial charge is 0.435 e. The first-order chi connectivity index (χ1) is 12.7. The lowest BCUT2D eigenvalue weighted by Gasteiger charge is -2.28. The molecule has 0 unspecified atom stereocenters. The maximum atomic E-state index is 13.0. The van der Waals surface area contributed by atoms with Gasteiger partial charge in [0.2, 0.25) is 0 Å². The van der Waals surface area contributed by atoms with E-state index in [-0.39, 0.29) is 23.5 Å². The minimum atomic E-state index is -4.58. The number of carbonyl (C=O) groups is 1. The van der Waals surface area contributed by atoms with Crippen LogP contribution in [0.25, 0.3) is 0 Å². The fraction of sp³-hybridized carbons (Fsp3) is 0.471. The zero-order chi connectivity index (χ0) is 19.8. The quantitative estimate of drug-likeness (QED) is 0.884. The van der Waals surface area contributed by atoms with Crippen molar-refractivity contribution in [1.29, 1.82) is 0 Å². The standard InChI is InChI=1S/C17H20F3N5O2/c1-10-14(17(18,19)20)23-25(3)15(10)22-16(26)24(2)12-6-8-27-13(12)11-5-4-7-21-9-11/h4-5,7,9,12-13H,6,8H2,1-3H3,(H,22,26)/t12-,13+/m0/s1. The van der Waals surface area contributed by atoms with Crippen molar-refractivity contribution in [3.05, 3.63) is 41.3 Å². The highest BCUT2D eigenvalue weighted by Crippen LogP contribution is 2.35. The predicted molar refractivity (Wildman–Crippen MR) is 91.1 cm³/mol. The number of anilines is 1. The van der Waals surface area contributed by atoms with E-state index in [1.165, 1.54) is 18.9 Å². The van der Waals surface area contributed by atoms with Gasteiger partial charge in [-0.3, -0.25) is 15.0 Å². The molecular weight excluding hydrogens is 363 g/mol. The Morgan fingerprint density at radius 3 is 2.78 bits per heavy atom. The lowest BCUT2D eigenvalue weighted by Crippen LogP contribution is -2.41. The van der Waals surface area contributed by atoms with Crippen molar-refractivity contribution in [1.82, 2.24) is 19.7 Å². The van der Waals surface area contributed by atoms with Gasteiger partial charge in [0, 0.05) is 44.2 Å². The summed E-state index contributed by atoms with van der Waals surface area (Å²) in [5, 5.41) is 6.02. The molecular formula is C17H20F3N5O2. The van der Waals surface area contributed by atoms with Crippen LogP contribution in [0.5, 0.6) is 0 Å². The van der Waals surface area contributed by atoms with Gasteiger partial charge < -0.3 is 9.64 Å². The number of pyridine rings is 1. The molecule has 10 heteroatoms. The Balaban J connectivity index is 1.78. The molecule has 2 aromatic heterocycles. The van der Waals surface area contributed by atoms with E-state index < -0.39 is 17.9 Å². The van der Waals surface area contributed by atoms with Crippen LogP contribution in [0.1, 0.15) is 29.3 Å². The van der Waals surface area contributed by atoms with E-state index in [4.69, 9.17) is 4.74 Å². The molecule has 2 amide bonds. The SMILES string of the molecule is Cc1c(C(F)(F)F)nn(C)c1NC(=O)N(C)[C@H]1CCO[C@@H]1c1cccnc1. The van der Waals surface area contributed by atoms with Gasteiger partial charge in [-0.2, -0.15) is 18.3 Å². The zero-order valence-corrected chi connectivity index (χ0v) is 15.1. The number of amides is 2. The summed E-state index contributed by atoms with van der Waals surface area (Å²) < 4.78 is 45.8. The summed E-state index contributed by atoms with van der Waals surface area (Å²) in [5.41, 5.74) is -0.297. The second-order valence-electron chi connectivity index (χ2n) is 6.42. The monoisotopic (exact) mass is 383 g/mol. The van der Waals surface area contributed by atoms with E-state index in [0.717, 1.165) is 10.2 Å². The first-order valence-electron chi connectivity index (χ1n) is 8.36. The lowest BCUT2D eigenvalue weighted by molar-refractivity contribution is -0.141. The van der Waals surface area contributed by atoms with Crippen molar-refractivity contribution in [3.63, 3.8) is 0 Å². The Labute approximate surface area is 154 Å². The van der Waals surface area contributed by atoms with E-state index in [1.807, 2.05) is 6.07 Å². The second kappa shape index (κ2) is 7.18. The van der Waals surface area contributed by atoms with Gasteiger partial charge in [0.05, 0.1) is 6.04 Å². The smallest absolute Gasteiger partial charge is 0.371 e. The number of aromatic nitrogens is 3. The van der Waals surface area contributed by atoms with Gasteiger partial charge in [0.25, 0.3) is 0 Å². The maximum absolute atomic E-state index is 13.0. The van der Waals surface area contributed by atoms with Crippen molar-refractivity contribution in [3.8, 4) is 0 Å². The van der Waals surface area contributed by atoms with E-state index in [1.54, 1.807) is 25.5 Å². The Kier molecular flexibility index (Phi) is 5.09. The third-order valence-corrected chi connectivity index (χ3v) is 4.67. The summed E-state index contributed by atoms with van der Waals surface area (Å²) in [7, 11) is 2.95. The molecule has 0 bridgehead atoms. The number of halogens is 3. The fourth-order valence-electron chi connectivity index (χ4n) is 3.25. The average molecular weight is 383 g/mol. The van der Waals surface area contributed by atoms with Crippen molar-refractivity contribution in [2.45, 2.75) is 31.7 Å². The summed E-state index contributed by atoms with van der Waals surface area (Å²) >= 11 is 0. The van der Waals surface area contributed by atoms with Crippen LogP contribution in [0.15, 0.2) is 24.5 Å². The third kappa shape index (κ3) is 3.75. The van der Waals surface area contributed by atoms with Gasteiger partial charge in [-0.15, -0.1) is 0 Å². The van der Waals surface area contributed by atoms with Crippen molar-refractivity contribution < 1.29 is 22.7 Å². The molecule has 0 spiro atoms. The van der Waals surface area contributed by atoms with Crippen LogP contribution in [-0.2, 0) is 18.0 Å². The molecule has 1 saturated heterocycles. The molecule has 3 heterocycles. The Morgan fingerprint density at radius 1 is 1.44 bits per heavy atom. The van der Waals surface area contributed by atoms with E-state index in [2.05, 4.69) is 15.4 Å². The van der Waals surface area contributed by atoms with Crippen LogP contribution in [-0.4, -0.2) is 45.4 Å². The number of likely N-dealkylation sites (N-methyl/N-ethyl adjacent to an activating group) is 1. The fourth-order valence-corrected chi connectivity index (χ4v) is 3.25. The van der Waals surface area contributed by atoms with Gasteiger partial charge >= 0.3 is 12.2 Å². The van der Waals surface area contributed by atoms with Crippen molar-refractivity contribution >= 4 is 11.8 Å². The van der Waals surface area contributed by atoms with Gasteiger partial charge in [-0.05, 0) is 19.4 Å². The number of hydrogen-bond donors (Lipinski definition) is 1. The van der Waals surface area contributed by atoms with Gasteiger partial charge in [-0.1, -0.05) is 6.07 Å². The van der Waals surface area contributed by atoms with E-state index in [0.29, 0.717) is 13.0 Å². The minimum absolute atomic E-state index is 0.0102. The minimum Gasteiger partial charge on any atom is -0.371 e. The molecule has 1 aliphatic heterocycles. The second-order valence-corrected chi connectivity index (χ2v) is 6.42. The molecule has 1 fully saturated rings. The molecule has 0 saturated carbocycles. The Hall–Kier alpha value is -2.62. The van der Waals surface area contributed by atoms with Gasteiger partial charge in [-0.25, -0.2) is 4.79 Å². The molecule has 3 rings (SSSR count). The molecule has 27 heavy (non-hydrogen) atoms. The molecule has 0 aromatic carbocycles. The molecule has 1 N–H and O–H groups in total. The summed E-state index contributed by atoms with van der Waals surface area (Å²) in [5.74, 6) is 0.0102. The van der Waals surface area contributed by atoms with Gasteiger partial charge in [0.1, 0.15) is 11.9 Å². The third-order valence-electron chi connectivity index (χ3n) is 4.67. The normalized spacial score (nSPS) is 19.9. The number of carbonyl (C=O) groups excluding carboxylic acids is 1. The summed E-state index contributed by atoms with van der Waals surface area (Å²) in [6, 6.07) is 2.86. The number of rotatable bonds is 3. The molecule has 0 aliphatic carbocycles. The molecule has 2 aromatic rings. The van der Waals surface area contributed by atoms with E-state index >= 15 is 0 Å². The van der Waals surface area contributed by atoms with Crippen LogP contribution in [0.2, 0.25) is 0 Å². The van der Waals surface area contributed by atoms with Crippen LogP contribution in [0, 0.1) is 6.92 Å². The van der Waals surface area contributed by atoms with Crippen LogP contribution >= 0.6 is 0 Å². The predicted octanol–water partition coefficient (Wildman–Crippen LogP) is 3.14. The number of nitrogens with one attached hydrogen (secondary N) is 1. The number of urea groups is 1. The number of alkyl halides is 3. The van der Waals surface area contributed by atoms with Crippen molar-refractivity contribution in [2.75, 3.05) is 19.0 Å². The molecule has 7 nitrogen and oxygen atoms in total. The molecule has 0 radical (unpaired) electrons. The number of hydrogen-bond acceptors (Lipinski definition) is 4. The highest BCUT2D eigenvalue weighted by molar-refractivity contribution is 5.89. The topological polar surface area (TPSA) is 72.3 Å². The molecule has 1 aliphatic rings. The van der Waals surface area contributed by atoms with Crippen LogP contribution < -0.4 is 5.32 Å². The average Bonchev–Trinajstić information content (AvgIpc) is 3.21. The maximum Gasteiger partial charge on any atom is 0.435 e. The number of aryl methyl sites for hydroxylation is 1. The van der Waals surface area contributed by atoms with Crippen LogP contribution in [0.3, 0.4) is 0 Å². The number of nitrogens with zero attached hydrogens (tertiary/aromatic N) is 4. The zero-order valence-electron chi connectivity index (χ0n) is 15.1. The molecule has 2 atom stereocenters. The summed E-state index contributed by atoms with van der Waals surface area (Å²) in [6.45, 7) is 1.76. The Bertz CT molecular complexity index is 822. The molecule has 146 valence electrons. The lowest BCUT2D eigenvalue weighted by atomic mass is 10.0. The summed E-state index contributed by atoms with van der Waals surface area (Å²) in [6.07, 6.45) is -0.987. The first kappa shape index (κ1) is 19.2. The van der Waals surface area contributed by atoms with Gasteiger partial charge in [0.15, 0.2) is 5.69 Å². The van der Waals surface area contributed by atoms with Crippen LogP contribution in [0.4, 0.5) is 23.8 Å². The first-order valence-corrected chi connectivity index (χ1v) is 8.36. The summed E-state index contributed by atoms with van der Waals surface area (Å²) in [4.78, 5) is 18.2. The highest BCUT2D eigenvalue weighted by Gasteiger charge is 2.39.